The molecule has 2 aromatic carbocycles. The van der Waals surface area contributed by atoms with Crippen molar-refractivity contribution in [1.29, 1.82) is 0 Å². The fourth-order valence-electron chi connectivity index (χ4n) is 4.63. The Morgan fingerprint density at radius 2 is 1.59 bits per heavy atom. The maximum Gasteiger partial charge on any atom is 0.118 e. The summed E-state index contributed by atoms with van der Waals surface area (Å²) in [7, 11) is 1.72. The second-order valence-corrected chi connectivity index (χ2v) is 8.27. The number of piperazine rings is 1. The van der Waals surface area contributed by atoms with E-state index in [1.165, 1.54) is 56.6 Å². The van der Waals surface area contributed by atoms with E-state index in [0.717, 1.165) is 11.8 Å². The Balaban J connectivity index is 1.43. The van der Waals surface area contributed by atoms with Gasteiger partial charge in [-0.1, -0.05) is 30.3 Å². The fourth-order valence-corrected chi connectivity index (χ4v) is 4.63. The van der Waals surface area contributed by atoms with Gasteiger partial charge in [0.25, 0.3) is 0 Å². The number of hydrogen-bond donors (Lipinski definition) is 0. The molecule has 0 N–H and O–H groups in total. The average Bonchev–Trinajstić information content (AvgIpc) is 2.73. The lowest BCUT2D eigenvalue weighted by molar-refractivity contribution is 0.0730. The Hall–Kier alpha value is -1.84. The maximum absolute atomic E-state index is 5.28. The van der Waals surface area contributed by atoms with Gasteiger partial charge in [-0.3, -0.25) is 9.80 Å². The quantitative estimate of drug-likeness (QED) is 0.807. The number of ether oxygens (including phenoxy) is 1. The van der Waals surface area contributed by atoms with Gasteiger partial charge in [0, 0.05) is 38.3 Å². The van der Waals surface area contributed by atoms with E-state index in [2.05, 4.69) is 54.0 Å². The van der Waals surface area contributed by atoms with E-state index >= 15 is 0 Å². The van der Waals surface area contributed by atoms with Crippen molar-refractivity contribution in [2.75, 3.05) is 33.3 Å². The van der Waals surface area contributed by atoms with Crippen molar-refractivity contribution in [3.05, 3.63) is 53.6 Å². The molecular formula is C24H32N2O. The van der Waals surface area contributed by atoms with Crippen LogP contribution in [0.25, 0.3) is 11.1 Å². The zero-order valence-corrected chi connectivity index (χ0v) is 16.9. The van der Waals surface area contributed by atoms with Crippen LogP contribution in [0.2, 0.25) is 0 Å². The van der Waals surface area contributed by atoms with E-state index < -0.39 is 0 Å². The molecule has 1 heterocycles. The summed E-state index contributed by atoms with van der Waals surface area (Å²) in [4.78, 5) is 5.34. The lowest BCUT2D eigenvalue weighted by atomic mass is 9.85. The van der Waals surface area contributed by atoms with E-state index in [9.17, 15) is 0 Å². The van der Waals surface area contributed by atoms with Crippen molar-refractivity contribution in [3.8, 4) is 16.9 Å². The molecule has 1 aliphatic heterocycles. The van der Waals surface area contributed by atoms with Crippen LogP contribution >= 0.6 is 0 Å². The second-order valence-electron chi connectivity index (χ2n) is 8.27. The van der Waals surface area contributed by atoms with Crippen LogP contribution in [-0.4, -0.2) is 55.2 Å². The molecule has 1 aliphatic carbocycles. The van der Waals surface area contributed by atoms with Crippen LogP contribution in [0.3, 0.4) is 0 Å². The molecule has 1 unspecified atom stereocenters. The zero-order valence-electron chi connectivity index (χ0n) is 16.9. The molecule has 1 fully saturated rings. The summed E-state index contributed by atoms with van der Waals surface area (Å²) in [6, 6.07) is 16.9. The molecule has 27 heavy (non-hydrogen) atoms. The number of methoxy groups -OCH3 is 1. The van der Waals surface area contributed by atoms with Gasteiger partial charge >= 0.3 is 0 Å². The van der Waals surface area contributed by atoms with Crippen LogP contribution in [0.4, 0.5) is 0 Å². The van der Waals surface area contributed by atoms with E-state index in [4.69, 9.17) is 4.74 Å². The second kappa shape index (κ2) is 8.04. The summed E-state index contributed by atoms with van der Waals surface area (Å²) >= 11 is 0. The number of rotatable bonds is 4. The monoisotopic (exact) mass is 364 g/mol. The first-order valence-corrected chi connectivity index (χ1v) is 10.4. The largest absolute Gasteiger partial charge is 0.497 e. The van der Waals surface area contributed by atoms with Crippen molar-refractivity contribution in [2.24, 2.45) is 0 Å². The smallest absolute Gasteiger partial charge is 0.118 e. The lowest BCUT2D eigenvalue weighted by Crippen LogP contribution is -2.53. The Bertz CT molecular complexity index is 760. The topological polar surface area (TPSA) is 15.7 Å². The summed E-state index contributed by atoms with van der Waals surface area (Å²) in [5.41, 5.74) is 5.68. The standard InChI is InChI=1S/C24H32N2O/c1-18(2)25-12-14-26(15-13-25)23-9-6-21-16-20(4-5-22(21)17-23)19-7-10-24(27-3)11-8-19/h4-5,7-8,10-11,16,18,23H,6,9,12-15,17H2,1-3H3. The lowest BCUT2D eigenvalue weighted by Gasteiger charge is -2.42. The van der Waals surface area contributed by atoms with Crippen molar-refractivity contribution >= 4 is 0 Å². The molecule has 0 radical (unpaired) electrons. The molecule has 2 aliphatic rings. The number of hydrogen-bond acceptors (Lipinski definition) is 3. The van der Waals surface area contributed by atoms with Gasteiger partial charge in [0.15, 0.2) is 0 Å². The molecule has 3 heteroatoms. The van der Waals surface area contributed by atoms with E-state index in [1.54, 1.807) is 18.2 Å². The number of nitrogens with zero attached hydrogens (tertiary/aromatic N) is 2. The highest BCUT2D eigenvalue weighted by Crippen LogP contribution is 2.30. The molecule has 0 bridgehead atoms. The Labute approximate surface area is 163 Å². The van der Waals surface area contributed by atoms with Gasteiger partial charge in [0.05, 0.1) is 7.11 Å². The summed E-state index contributed by atoms with van der Waals surface area (Å²) in [5.74, 6) is 0.914. The molecule has 2 aromatic rings. The minimum Gasteiger partial charge on any atom is -0.497 e. The van der Waals surface area contributed by atoms with Gasteiger partial charge in [-0.2, -0.15) is 0 Å². The molecular weight excluding hydrogens is 332 g/mol. The van der Waals surface area contributed by atoms with E-state index in [0.29, 0.717) is 6.04 Å². The third-order valence-electron chi connectivity index (χ3n) is 6.43. The van der Waals surface area contributed by atoms with E-state index in [1.807, 2.05) is 12.1 Å². The zero-order chi connectivity index (χ0) is 18.8. The Morgan fingerprint density at radius 3 is 2.26 bits per heavy atom. The van der Waals surface area contributed by atoms with Gasteiger partial charge in [0.1, 0.15) is 5.75 Å². The number of benzene rings is 2. The van der Waals surface area contributed by atoms with Gasteiger partial charge < -0.3 is 4.74 Å². The molecule has 1 atom stereocenters. The highest BCUT2D eigenvalue weighted by atomic mass is 16.5. The van der Waals surface area contributed by atoms with Gasteiger partial charge in [0.2, 0.25) is 0 Å². The summed E-state index contributed by atoms with van der Waals surface area (Å²) in [5, 5.41) is 0. The van der Waals surface area contributed by atoms with Crippen molar-refractivity contribution in [3.63, 3.8) is 0 Å². The van der Waals surface area contributed by atoms with Crippen LogP contribution < -0.4 is 4.74 Å². The molecule has 3 nitrogen and oxygen atoms in total. The first-order chi connectivity index (χ1) is 13.1. The Morgan fingerprint density at radius 1 is 0.889 bits per heavy atom. The van der Waals surface area contributed by atoms with E-state index in [-0.39, 0.29) is 0 Å². The van der Waals surface area contributed by atoms with Gasteiger partial charge in [-0.25, -0.2) is 0 Å². The van der Waals surface area contributed by atoms with Crippen LogP contribution in [0, 0.1) is 0 Å². The summed E-state index contributed by atoms with van der Waals surface area (Å²) < 4.78 is 5.28. The molecule has 1 saturated heterocycles. The third-order valence-corrected chi connectivity index (χ3v) is 6.43. The SMILES string of the molecule is COc1ccc(-c2ccc3c(c2)CCC(N2CCN(C(C)C)CC2)C3)cc1. The van der Waals surface area contributed by atoms with Crippen LogP contribution in [0.15, 0.2) is 42.5 Å². The summed E-state index contributed by atoms with van der Waals surface area (Å²) in [6.45, 7) is 9.51. The van der Waals surface area contributed by atoms with Crippen molar-refractivity contribution < 1.29 is 4.74 Å². The van der Waals surface area contributed by atoms with Crippen molar-refractivity contribution in [2.45, 2.75) is 45.2 Å². The fraction of sp³-hybridized carbons (Fsp3) is 0.500. The predicted molar refractivity (Wildman–Crippen MR) is 113 cm³/mol. The molecule has 0 aromatic heterocycles. The average molecular weight is 365 g/mol. The minimum atomic E-state index is 0.676. The molecule has 144 valence electrons. The Kier molecular flexibility index (Phi) is 5.51. The van der Waals surface area contributed by atoms with Gasteiger partial charge in [-0.15, -0.1) is 0 Å². The normalized spacial score (nSPS) is 21.3. The molecule has 4 rings (SSSR count). The molecule has 0 saturated carbocycles. The summed E-state index contributed by atoms with van der Waals surface area (Å²) in [6.07, 6.45) is 3.70. The minimum absolute atomic E-state index is 0.676. The highest BCUT2D eigenvalue weighted by Gasteiger charge is 2.28. The maximum atomic E-state index is 5.28. The number of aryl methyl sites for hydroxylation is 1. The van der Waals surface area contributed by atoms with Gasteiger partial charge in [-0.05, 0) is 67.5 Å². The highest BCUT2D eigenvalue weighted by molar-refractivity contribution is 5.66. The first-order valence-electron chi connectivity index (χ1n) is 10.4. The van der Waals surface area contributed by atoms with Crippen molar-refractivity contribution in [1.82, 2.24) is 9.80 Å². The molecule has 0 spiro atoms. The van der Waals surface area contributed by atoms with Crippen LogP contribution in [0.1, 0.15) is 31.4 Å². The van der Waals surface area contributed by atoms with Crippen LogP contribution in [0.5, 0.6) is 5.75 Å². The first kappa shape index (κ1) is 18.5. The number of fused-ring (bicyclic) bond motifs is 1. The predicted octanol–water partition coefficient (Wildman–Crippen LogP) is 4.25. The molecule has 0 amide bonds. The van der Waals surface area contributed by atoms with Crippen LogP contribution in [-0.2, 0) is 12.8 Å². The third kappa shape index (κ3) is 4.04.